The quantitative estimate of drug-likeness (QED) is 0.633. The second-order valence-electron chi connectivity index (χ2n) is 3.54. The Kier molecular flexibility index (Phi) is 2.11. The van der Waals surface area contributed by atoms with Crippen molar-refractivity contribution in [2.75, 3.05) is 0 Å². The lowest BCUT2D eigenvalue weighted by Crippen LogP contribution is -1.70. The average molecular weight is 210 g/mol. The molecule has 2 nitrogen and oxygen atoms in total. The summed E-state index contributed by atoms with van der Waals surface area (Å²) in [6.45, 7) is 0. The fraction of sp³-hybridized carbons (Fsp3) is 0. The molecule has 0 atom stereocenters. The van der Waals surface area contributed by atoms with Gasteiger partial charge in [-0.3, -0.25) is 0 Å². The van der Waals surface area contributed by atoms with Crippen LogP contribution in [0.25, 0.3) is 22.6 Å². The number of rotatable bonds is 2. The Hall–Kier alpha value is -2.22. The molecule has 0 bridgehead atoms. The van der Waals surface area contributed by atoms with Gasteiger partial charge in [-0.05, 0) is 23.8 Å². The molecule has 0 amide bonds. The van der Waals surface area contributed by atoms with Crippen molar-refractivity contribution in [2.45, 2.75) is 0 Å². The Morgan fingerprint density at radius 2 is 1.56 bits per heavy atom. The fourth-order valence-corrected chi connectivity index (χ4v) is 1.67. The molecule has 78 valence electrons. The van der Waals surface area contributed by atoms with E-state index in [1.165, 1.54) is 0 Å². The summed E-state index contributed by atoms with van der Waals surface area (Å²) >= 11 is 0. The molecule has 2 heterocycles. The van der Waals surface area contributed by atoms with Gasteiger partial charge in [-0.2, -0.15) is 0 Å². The molecular weight excluding hydrogens is 200 g/mol. The summed E-state index contributed by atoms with van der Waals surface area (Å²) in [6, 6.07) is 15.8. The van der Waals surface area contributed by atoms with Crippen LogP contribution >= 0.6 is 0 Å². The van der Waals surface area contributed by atoms with E-state index in [0.29, 0.717) is 0 Å². The van der Waals surface area contributed by atoms with Crippen molar-refractivity contribution in [2.24, 2.45) is 0 Å². The Morgan fingerprint density at radius 3 is 2.31 bits per heavy atom. The van der Waals surface area contributed by atoms with Gasteiger partial charge < -0.3 is 8.83 Å². The second kappa shape index (κ2) is 3.74. The van der Waals surface area contributed by atoms with Crippen LogP contribution in [-0.4, -0.2) is 0 Å². The van der Waals surface area contributed by atoms with Gasteiger partial charge in [0.2, 0.25) is 0 Å². The molecule has 0 radical (unpaired) electrons. The molecule has 3 rings (SSSR count). The van der Waals surface area contributed by atoms with Gasteiger partial charge in [-0.25, -0.2) is 0 Å². The van der Waals surface area contributed by atoms with Crippen molar-refractivity contribution >= 4 is 0 Å². The zero-order chi connectivity index (χ0) is 10.8. The van der Waals surface area contributed by atoms with Crippen molar-refractivity contribution in [1.82, 2.24) is 0 Å². The molecule has 1 aromatic carbocycles. The maximum Gasteiger partial charge on any atom is 0.169 e. The van der Waals surface area contributed by atoms with Crippen molar-refractivity contribution in [3.63, 3.8) is 0 Å². The van der Waals surface area contributed by atoms with Gasteiger partial charge in [0.1, 0.15) is 0 Å². The summed E-state index contributed by atoms with van der Waals surface area (Å²) in [5.74, 6) is 1.51. The maximum atomic E-state index is 5.47. The van der Waals surface area contributed by atoms with Gasteiger partial charge in [0.25, 0.3) is 0 Å². The highest BCUT2D eigenvalue weighted by Crippen LogP contribution is 2.28. The highest BCUT2D eigenvalue weighted by Gasteiger charge is 2.07. The normalized spacial score (nSPS) is 10.5. The largest absolute Gasteiger partial charge is 0.461 e. The first-order chi connectivity index (χ1) is 7.93. The van der Waals surface area contributed by atoms with Gasteiger partial charge >= 0.3 is 0 Å². The molecule has 0 fully saturated rings. The average Bonchev–Trinajstić information content (AvgIpc) is 3.01. The molecule has 0 saturated carbocycles. The van der Waals surface area contributed by atoms with Crippen LogP contribution in [0, 0.1) is 0 Å². The van der Waals surface area contributed by atoms with Crippen LogP contribution in [0.3, 0.4) is 0 Å². The van der Waals surface area contributed by atoms with Crippen LogP contribution in [0.4, 0.5) is 0 Å². The molecule has 0 aliphatic carbocycles. The number of hydrogen-bond acceptors (Lipinski definition) is 2. The van der Waals surface area contributed by atoms with Crippen LogP contribution in [0.15, 0.2) is 69.9 Å². The lowest BCUT2D eigenvalue weighted by molar-refractivity contribution is 0.525. The first-order valence-electron chi connectivity index (χ1n) is 5.11. The van der Waals surface area contributed by atoms with Crippen LogP contribution in [0.5, 0.6) is 0 Å². The molecule has 2 heteroatoms. The fourth-order valence-electron chi connectivity index (χ4n) is 1.67. The van der Waals surface area contributed by atoms with E-state index in [1.54, 1.807) is 12.5 Å². The predicted octanol–water partition coefficient (Wildman–Crippen LogP) is 4.21. The van der Waals surface area contributed by atoms with Gasteiger partial charge in [-0.1, -0.05) is 30.3 Å². The summed E-state index contributed by atoms with van der Waals surface area (Å²) in [4.78, 5) is 0. The lowest BCUT2D eigenvalue weighted by Gasteiger charge is -1.93. The van der Waals surface area contributed by atoms with E-state index in [-0.39, 0.29) is 0 Å². The van der Waals surface area contributed by atoms with E-state index in [4.69, 9.17) is 8.83 Å². The van der Waals surface area contributed by atoms with E-state index in [9.17, 15) is 0 Å². The minimum Gasteiger partial charge on any atom is -0.461 e. The Morgan fingerprint density at radius 1 is 0.688 bits per heavy atom. The Balaban J connectivity index is 2.00. The molecule has 0 aliphatic rings. The zero-order valence-electron chi connectivity index (χ0n) is 8.59. The van der Waals surface area contributed by atoms with Gasteiger partial charge in [-0.15, -0.1) is 0 Å². The molecule has 3 aromatic rings. The first kappa shape index (κ1) is 9.04. The van der Waals surface area contributed by atoms with Gasteiger partial charge in [0.05, 0.1) is 12.5 Å². The smallest absolute Gasteiger partial charge is 0.169 e. The van der Waals surface area contributed by atoms with Crippen molar-refractivity contribution in [1.29, 1.82) is 0 Å². The summed E-state index contributed by atoms with van der Waals surface area (Å²) in [6.07, 6.45) is 3.38. The monoisotopic (exact) mass is 210 g/mol. The summed E-state index contributed by atoms with van der Waals surface area (Å²) < 4.78 is 10.7. The minimum atomic E-state index is 0.752. The van der Waals surface area contributed by atoms with E-state index < -0.39 is 0 Å². The summed E-state index contributed by atoms with van der Waals surface area (Å²) in [5, 5.41) is 0. The number of furan rings is 2. The van der Waals surface area contributed by atoms with E-state index in [1.807, 2.05) is 36.4 Å². The van der Waals surface area contributed by atoms with Crippen LogP contribution in [0.1, 0.15) is 0 Å². The molecule has 0 unspecified atom stereocenters. The van der Waals surface area contributed by atoms with E-state index in [0.717, 1.165) is 22.6 Å². The SMILES string of the molecule is c1ccc(-c2coc(-c3ccco3)c2)cc1. The maximum absolute atomic E-state index is 5.47. The molecule has 0 N–H and O–H groups in total. The third-order valence-electron chi connectivity index (χ3n) is 2.47. The highest BCUT2D eigenvalue weighted by molar-refractivity contribution is 5.67. The third-order valence-corrected chi connectivity index (χ3v) is 2.47. The van der Waals surface area contributed by atoms with Gasteiger partial charge in [0.15, 0.2) is 11.5 Å². The first-order valence-corrected chi connectivity index (χ1v) is 5.11. The van der Waals surface area contributed by atoms with Crippen LogP contribution in [0.2, 0.25) is 0 Å². The standard InChI is InChI=1S/C14H10O2/c1-2-5-11(6-3-1)12-9-14(16-10-12)13-7-4-8-15-13/h1-10H. The molecule has 16 heavy (non-hydrogen) atoms. The topological polar surface area (TPSA) is 26.3 Å². The minimum absolute atomic E-state index is 0.752. The van der Waals surface area contributed by atoms with Crippen LogP contribution < -0.4 is 0 Å². The van der Waals surface area contributed by atoms with Gasteiger partial charge in [0, 0.05) is 5.56 Å². The summed E-state index contributed by atoms with van der Waals surface area (Å²) in [5.41, 5.74) is 2.20. The second-order valence-corrected chi connectivity index (χ2v) is 3.54. The summed E-state index contributed by atoms with van der Waals surface area (Å²) in [7, 11) is 0. The third kappa shape index (κ3) is 1.54. The zero-order valence-corrected chi connectivity index (χ0v) is 8.59. The molecule has 0 aliphatic heterocycles. The molecule has 2 aromatic heterocycles. The lowest BCUT2D eigenvalue weighted by atomic mass is 10.1. The molecule has 0 spiro atoms. The molecular formula is C14H10O2. The number of hydrogen-bond donors (Lipinski definition) is 0. The Labute approximate surface area is 93.1 Å². The Bertz CT molecular complexity index is 562. The van der Waals surface area contributed by atoms with Crippen molar-refractivity contribution < 1.29 is 8.83 Å². The number of benzene rings is 1. The highest BCUT2D eigenvalue weighted by atomic mass is 16.4. The van der Waals surface area contributed by atoms with Crippen molar-refractivity contribution in [3.05, 3.63) is 61.1 Å². The van der Waals surface area contributed by atoms with Crippen LogP contribution in [-0.2, 0) is 0 Å². The molecule has 0 saturated heterocycles. The predicted molar refractivity (Wildman–Crippen MR) is 61.8 cm³/mol. The van der Waals surface area contributed by atoms with Crippen molar-refractivity contribution in [3.8, 4) is 22.6 Å². The van der Waals surface area contributed by atoms with E-state index >= 15 is 0 Å². The van der Waals surface area contributed by atoms with E-state index in [2.05, 4.69) is 12.1 Å².